The standard InChI is InChI=1S/C20H19FN2O2/c21-17-9-15(10-22)7-8-18(17)25-20-4-2-1-3-19(20)24-13-16-12-23(16)11-14-5-6-14/h1-4,7-9,14,16H,5-6,11-13H2. The Balaban J connectivity index is 1.40. The largest absolute Gasteiger partial charge is 0.488 e. The van der Waals surface area contributed by atoms with E-state index in [2.05, 4.69) is 4.90 Å². The van der Waals surface area contributed by atoms with Gasteiger partial charge in [0.05, 0.1) is 17.7 Å². The molecule has 25 heavy (non-hydrogen) atoms. The Morgan fingerprint density at radius 1 is 1.12 bits per heavy atom. The van der Waals surface area contributed by atoms with Crippen LogP contribution in [0.5, 0.6) is 17.2 Å². The first-order valence-corrected chi connectivity index (χ1v) is 8.56. The second-order valence-electron chi connectivity index (χ2n) is 6.67. The predicted molar refractivity (Wildman–Crippen MR) is 91.2 cm³/mol. The van der Waals surface area contributed by atoms with Crippen LogP contribution < -0.4 is 9.47 Å². The van der Waals surface area contributed by atoms with Crippen molar-refractivity contribution >= 4 is 0 Å². The summed E-state index contributed by atoms with van der Waals surface area (Å²) in [6.07, 6.45) is 2.72. The molecule has 128 valence electrons. The van der Waals surface area contributed by atoms with Crippen LogP contribution in [0.1, 0.15) is 18.4 Å². The summed E-state index contributed by atoms with van der Waals surface area (Å²) in [4.78, 5) is 2.43. The molecule has 0 N–H and O–H groups in total. The lowest BCUT2D eigenvalue weighted by Gasteiger charge is -2.13. The van der Waals surface area contributed by atoms with E-state index in [4.69, 9.17) is 14.7 Å². The van der Waals surface area contributed by atoms with Gasteiger partial charge in [0.25, 0.3) is 0 Å². The van der Waals surface area contributed by atoms with E-state index in [0.29, 0.717) is 24.1 Å². The molecular formula is C20H19FN2O2. The lowest BCUT2D eigenvalue weighted by atomic mass is 10.2. The van der Waals surface area contributed by atoms with Gasteiger partial charge >= 0.3 is 0 Å². The van der Waals surface area contributed by atoms with Gasteiger partial charge in [0, 0.05) is 13.1 Å². The van der Waals surface area contributed by atoms with Crippen molar-refractivity contribution < 1.29 is 13.9 Å². The smallest absolute Gasteiger partial charge is 0.169 e. The maximum Gasteiger partial charge on any atom is 0.169 e. The molecule has 2 aromatic rings. The van der Waals surface area contributed by atoms with Crippen LogP contribution in [0, 0.1) is 23.1 Å². The number of benzene rings is 2. The molecule has 0 aromatic heterocycles. The Morgan fingerprint density at radius 3 is 2.64 bits per heavy atom. The van der Waals surface area contributed by atoms with E-state index in [1.54, 1.807) is 6.07 Å². The minimum atomic E-state index is -0.563. The number of rotatable bonds is 7. The summed E-state index contributed by atoms with van der Waals surface area (Å²) in [6, 6.07) is 13.8. The van der Waals surface area contributed by atoms with Crippen molar-refractivity contribution in [1.82, 2.24) is 4.90 Å². The Kier molecular flexibility index (Phi) is 4.29. The molecule has 2 atom stereocenters. The molecule has 1 aliphatic heterocycles. The fourth-order valence-electron chi connectivity index (χ4n) is 2.85. The lowest BCUT2D eigenvalue weighted by molar-refractivity contribution is 0.280. The molecule has 1 saturated heterocycles. The van der Waals surface area contributed by atoms with Crippen molar-refractivity contribution in [1.29, 1.82) is 5.26 Å². The maximum atomic E-state index is 14.0. The second-order valence-corrected chi connectivity index (χ2v) is 6.67. The molecule has 1 aliphatic carbocycles. The molecule has 4 nitrogen and oxygen atoms in total. The van der Waals surface area contributed by atoms with Crippen LogP contribution in [0.25, 0.3) is 0 Å². The highest BCUT2D eigenvalue weighted by Gasteiger charge is 2.38. The Morgan fingerprint density at radius 2 is 1.92 bits per heavy atom. The molecule has 0 spiro atoms. The van der Waals surface area contributed by atoms with Crippen molar-refractivity contribution in [3.8, 4) is 23.3 Å². The third kappa shape index (κ3) is 3.92. The summed E-state index contributed by atoms with van der Waals surface area (Å²) >= 11 is 0. The van der Waals surface area contributed by atoms with Gasteiger partial charge in [-0.05, 0) is 49.1 Å². The summed E-state index contributed by atoms with van der Waals surface area (Å²) in [7, 11) is 0. The van der Waals surface area contributed by atoms with Crippen molar-refractivity contribution in [2.24, 2.45) is 5.92 Å². The maximum absolute atomic E-state index is 14.0. The SMILES string of the molecule is N#Cc1ccc(Oc2ccccc2OCC2CN2CC2CC2)c(F)c1. The molecule has 2 unspecified atom stereocenters. The van der Waals surface area contributed by atoms with Crippen LogP contribution in [-0.2, 0) is 0 Å². The highest BCUT2D eigenvalue weighted by Crippen LogP contribution is 2.35. The molecule has 1 saturated carbocycles. The van der Waals surface area contributed by atoms with Crippen LogP contribution >= 0.6 is 0 Å². The highest BCUT2D eigenvalue weighted by atomic mass is 19.1. The third-order valence-electron chi connectivity index (χ3n) is 4.58. The topological polar surface area (TPSA) is 45.3 Å². The first kappa shape index (κ1) is 15.9. The van der Waals surface area contributed by atoms with Crippen molar-refractivity contribution in [3.05, 3.63) is 53.8 Å². The zero-order chi connectivity index (χ0) is 17.2. The summed E-state index contributed by atoms with van der Waals surface area (Å²) in [5.74, 6) is 1.48. The minimum Gasteiger partial charge on any atom is -0.488 e. The molecule has 4 rings (SSSR count). The van der Waals surface area contributed by atoms with E-state index in [1.807, 2.05) is 24.3 Å². The third-order valence-corrected chi connectivity index (χ3v) is 4.58. The van der Waals surface area contributed by atoms with E-state index >= 15 is 0 Å². The molecule has 2 aliphatic rings. The molecular weight excluding hydrogens is 319 g/mol. The molecule has 2 aromatic carbocycles. The monoisotopic (exact) mass is 338 g/mol. The van der Waals surface area contributed by atoms with Gasteiger partial charge in [0.1, 0.15) is 6.61 Å². The summed E-state index contributed by atoms with van der Waals surface area (Å²) in [6.45, 7) is 2.88. The molecule has 5 heteroatoms. The van der Waals surface area contributed by atoms with E-state index in [0.717, 1.165) is 12.5 Å². The predicted octanol–water partition coefficient (Wildman–Crippen LogP) is 3.96. The summed E-state index contributed by atoms with van der Waals surface area (Å²) in [5, 5.41) is 8.81. The van der Waals surface area contributed by atoms with E-state index in [1.165, 1.54) is 37.6 Å². The number of para-hydroxylation sites is 2. The number of ether oxygens (including phenoxy) is 2. The molecule has 2 fully saturated rings. The number of hydrogen-bond acceptors (Lipinski definition) is 4. The molecule has 1 heterocycles. The zero-order valence-electron chi connectivity index (χ0n) is 13.8. The van der Waals surface area contributed by atoms with Crippen molar-refractivity contribution in [3.63, 3.8) is 0 Å². The van der Waals surface area contributed by atoms with Gasteiger partial charge in [0.15, 0.2) is 23.1 Å². The van der Waals surface area contributed by atoms with Gasteiger partial charge in [-0.25, -0.2) is 4.39 Å². The zero-order valence-corrected chi connectivity index (χ0v) is 13.8. The van der Waals surface area contributed by atoms with Crippen LogP contribution in [0.3, 0.4) is 0 Å². The highest BCUT2D eigenvalue weighted by molar-refractivity contribution is 5.44. The summed E-state index contributed by atoms with van der Waals surface area (Å²) < 4.78 is 25.6. The minimum absolute atomic E-state index is 0.0804. The average molecular weight is 338 g/mol. The number of hydrogen-bond donors (Lipinski definition) is 0. The van der Waals surface area contributed by atoms with Crippen LogP contribution in [0.15, 0.2) is 42.5 Å². The Labute approximate surface area is 146 Å². The number of nitrogens with zero attached hydrogens (tertiary/aromatic N) is 2. The molecule has 0 bridgehead atoms. The molecule has 0 radical (unpaired) electrons. The summed E-state index contributed by atoms with van der Waals surface area (Å²) in [5.41, 5.74) is 0.263. The van der Waals surface area contributed by atoms with Crippen molar-refractivity contribution in [2.45, 2.75) is 18.9 Å². The fourth-order valence-corrected chi connectivity index (χ4v) is 2.85. The Hall–Kier alpha value is -2.58. The van der Waals surface area contributed by atoms with Crippen LogP contribution in [0.2, 0.25) is 0 Å². The van der Waals surface area contributed by atoms with Gasteiger partial charge < -0.3 is 9.47 Å². The Bertz CT molecular complexity index is 814. The first-order valence-electron chi connectivity index (χ1n) is 8.56. The van der Waals surface area contributed by atoms with E-state index in [-0.39, 0.29) is 11.3 Å². The molecule has 0 amide bonds. The van der Waals surface area contributed by atoms with Gasteiger partial charge in [-0.3, -0.25) is 4.90 Å². The first-order chi connectivity index (χ1) is 12.2. The van der Waals surface area contributed by atoms with Gasteiger partial charge in [-0.2, -0.15) is 5.26 Å². The van der Waals surface area contributed by atoms with Crippen molar-refractivity contribution in [2.75, 3.05) is 19.7 Å². The lowest BCUT2D eigenvalue weighted by Crippen LogP contribution is -2.13. The van der Waals surface area contributed by atoms with Crippen LogP contribution in [-0.4, -0.2) is 30.6 Å². The van der Waals surface area contributed by atoms with Crippen LogP contribution in [0.4, 0.5) is 4.39 Å². The average Bonchev–Trinajstić information content (AvgIpc) is 3.55. The normalized spacial score (nSPS) is 21.4. The van der Waals surface area contributed by atoms with Gasteiger partial charge in [0.2, 0.25) is 0 Å². The number of nitriles is 1. The van der Waals surface area contributed by atoms with Gasteiger partial charge in [-0.1, -0.05) is 12.1 Å². The quantitative estimate of drug-likeness (QED) is 0.717. The van der Waals surface area contributed by atoms with E-state index in [9.17, 15) is 4.39 Å². The van der Waals surface area contributed by atoms with E-state index < -0.39 is 5.82 Å². The number of halogens is 1. The fraction of sp³-hybridized carbons (Fsp3) is 0.350. The second kappa shape index (κ2) is 6.73. The van der Waals surface area contributed by atoms with Gasteiger partial charge in [-0.15, -0.1) is 0 Å².